The molecule has 0 spiro atoms. The molecule has 6 heteroatoms. The Kier molecular flexibility index (Phi) is 4.85. The second-order valence-corrected chi connectivity index (χ2v) is 8.51. The summed E-state index contributed by atoms with van der Waals surface area (Å²) >= 11 is 0. The lowest BCUT2D eigenvalue weighted by molar-refractivity contribution is -0.126. The Morgan fingerprint density at radius 3 is 2.00 bits per heavy atom. The fraction of sp³-hybridized carbons (Fsp3) is 0.533. The minimum Gasteiger partial charge on any atom is -0.326 e. The lowest BCUT2D eigenvalue weighted by Gasteiger charge is -2.36. The summed E-state index contributed by atoms with van der Waals surface area (Å²) in [6.07, 6.45) is 0. The first-order valence-electron chi connectivity index (χ1n) is 6.85. The van der Waals surface area contributed by atoms with Crippen LogP contribution in [-0.2, 0) is 14.6 Å². The molecule has 1 amide bonds. The van der Waals surface area contributed by atoms with Crippen molar-refractivity contribution >= 4 is 21.4 Å². The van der Waals surface area contributed by atoms with Gasteiger partial charge in [-0.05, 0) is 52.0 Å². The molecule has 0 heterocycles. The van der Waals surface area contributed by atoms with Crippen LogP contribution in [0.1, 0.15) is 34.6 Å². The van der Waals surface area contributed by atoms with E-state index in [1.807, 2.05) is 0 Å². The highest BCUT2D eigenvalue weighted by Gasteiger charge is 2.40. The summed E-state index contributed by atoms with van der Waals surface area (Å²) in [5.74, 6) is -0.159. The Hall–Kier alpha value is -1.40. The van der Waals surface area contributed by atoms with E-state index in [0.717, 1.165) is 0 Å². The molecule has 5 nitrogen and oxygen atoms in total. The summed E-state index contributed by atoms with van der Waals surface area (Å²) in [6.45, 7) is 8.74. The molecule has 0 unspecified atom stereocenters. The first kappa shape index (κ1) is 17.7. The van der Waals surface area contributed by atoms with E-state index in [1.54, 1.807) is 46.8 Å². The van der Waals surface area contributed by atoms with E-state index < -0.39 is 20.8 Å². The van der Waals surface area contributed by atoms with Gasteiger partial charge < -0.3 is 11.1 Å². The third-order valence-corrected chi connectivity index (χ3v) is 5.78. The number of benzene rings is 1. The molecular weight excluding hydrogens is 288 g/mol. The highest BCUT2D eigenvalue weighted by Crippen LogP contribution is 2.30. The molecule has 0 atom stereocenters. The maximum Gasteiger partial charge on any atom is 0.231 e. The van der Waals surface area contributed by atoms with E-state index in [4.69, 9.17) is 5.73 Å². The molecule has 1 aromatic carbocycles. The van der Waals surface area contributed by atoms with Crippen molar-refractivity contribution in [1.29, 1.82) is 0 Å². The van der Waals surface area contributed by atoms with Crippen LogP contribution in [0.15, 0.2) is 29.2 Å². The van der Waals surface area contributed by atoms with Gasteiger partial charge >= 0.3 is 0 Å². The number of amides is 1. The van der Waals surface area contributed by atoms with Crippen LogP contribution in [0.25, 0.3) is 0 Å². The van der Waals surface area contributed by atoms with Crippen LogP contribution in [0.2, 0.25) is 0 Å². The molecule has 0 fully saturated rings. The first-order chi connectivity index (χ1) is 9.41. The monoisotopic (exact) mass is 312 g/mol. The van der Waals surface area contributed by atoms with E-state index in [-0.39, 0.29) is 16.6 Å². The Morgan fingerprint density at radius 1 is 1.14 bits per heavy atom. The van der Waals surface area contributed by atoms with Crippen LogP contribution in [0.3, 0.4) is 0 Å². The number of carbonyl (C=O) groups excluding carboxylic acids is 1. The molecule has 0 radical (unpaired) electrons. The van der Waals surface area contributed by atoms with Gasteiger partial charge in [-0.3, -0.25) is 4.79 Å². The van der Waals surface area contributed by atoms with Gasteiger partial charge in [-0.2, -0.15) is 0 Å². The molecule has 1 rings (SSSR count). The van der Waals surface area contributed by atoms with Crippen LogP contribution in [0.5, 0.6) is 0 Å². The zero-order chi connectivity index (χ0) is 16.5. The van der Waals surface area contributed by atoms with E-state index in [2.05, 4.69) is 5.32 Å². The van der Waals surface area contributed by atoms with Gasteiger partial charge in [-0.25, -0.2) is 8.42 Å². The van der Waals surface area contributed by atoms with Crippen molar-refractivity contribution in [2.45, 2.75) is 45.1 Å². The Balaban J connectivity index is 2.94. The summed E-state index contributed by atoms with van der Waals surface area (Å²) in [6, 6.07) is 6.16. The molecule has 0 saturated heterocycles. The van der Waals surface area contributed by atoms with E-state index in [1.165, 1.54) is 12.1 Å². The molecule has 3 N–H and O–H groups in total. The van der Waals surface area contributed by atoms with Crippen molar-refractivity contribution < 1.29 is 13.2 Å². The number of nitrogens with one attached hydrogen (secondary N) is 1. The summed E-state index contributed by atoms with van der Waals surface area (Å²) in [5, 5.41) is 2.77. The molecule has 0 bridgehead atoms. The summed E-state index contributed by atoms with van der Waals surface area (Å²) in [5.41, 5.74) is 5.13. The normalized spacial score (nSPS) is 13.0. The third-order valence-electron chi connectivity index (χ3n) is 4.03. The van der Waals surface area contributed by atoms with Gasteiger partial charge in [0.2, 0.25) is 5.91 Å². The Bertz CT molecular complexity index is 611. The second kappa shape index (κ2) is 5.77. The molecule has 1 aromatic rings. The molecule has 21 heavy (non-hydrogen) atoms. The molecule has 118 valence electrons. The van der Waals surface area contributed by atoms with Crippen molar-refractivity contribution in [3.63, 3.8) is 0 Å². The number of sulfone groups is 1. The zero-order valence-corrected chi connectivity index (χ0v) is 14.0. The SMILES string of the molecule is CCS(=O)(=O)c1ccc(NC(=O)C(C)(C)C(C)(C)N)cc1. The van der Waals surface area contributed by atoms with Crippen molar-refractivity contribution in [2.75, 3.05) is 11.1 Å². The topological polar surface area (TPSA) is 89.3 Å². The summed E-state index contributed by atoms with van der Waals surface area (Å²) in [7, 11) is -3.23. The number of hydrogen-bond acceptors (Lipinski definition) is 4. The largest absolute Gasteiger partial charge is 0.326 e. The van der Waals surface area contributed by atoms with E-state index in [0.29, 0.717) is 5.69 Å². The molecule has 0 aliphatic rings. The van der Waals surface area contributed by atoms with Crippen molar-refractivity contribution in [3.05, 3.63) is 24.3 Å². The number of anilines is 1. The summed E-state index contributed by atoms with van der Waals surface area (Å²) < 4.78 is 23.4. The van der Waals surface area contributed by atoms with Crippen LogP contribution in [-0.4, -0.2) is 25.6 Å². The van der Waals surface area contributed by atoms with E-state index in [9.17, 15) is 13.2 Å². The van der Waals surface area contributed by atoms with Crippen LogP contribution in [0.4, 0.5) is 5.69 Å². The highest BCUT2D eigenvalue weighted by molar-refractivity contribution is 7.91. The smallest absolute Gasteiger partial charge is 0.231 e. The minimum absolute atomic E-state index is 0.0487. The average Bonchev–Trinajstić information content (AvgIpc) is 2.38. The predicted octanol–water partition coefficient (Wildman–Crippen LogP) is 2.18. The Labute approximate surface area is 126 Å². The van der Waals surface area contributed by atoms with Crippen molar-refractivity contribution in [3.8, 4) is 0 Å². The van der Waals surface area contributed by atoms with Gasteiger partial charge in [0.1, 0.15) is 0 Å². The number of nitrogens with two attached hydrogens (primary N) is 1. The predicted molar refractivity (Wildman–Crippen MR) is 84.8 cm³/mol. The van der Waals surface area contributed by atoms with Crippen LogP contribution < -0.4 is 11.1 Å². The summed E-state index contributed by atoms with van der Waals surface area (Å²) in [4.78, 5) is 12.6. The van der Waals surface area contributed by atoms with Gasteiger partial charge in [-0.1, -0.05) is 6.92 Å². The van der Waals surface area contributed by atoms with Gasteiger partial charge in [-0.15, -0.1) is 0 Å². The van der Waals surface area contributed by atoms with Crippen molar-refractivity contribution in [1.82, 2.24) is 0 Å². The minimum atomic E-state index is -3.23. The first-order valence-corrected chi connectivity index (χ1v) is 8.50. The van der Waals surface area contributed by atoms with Gasteiger partial charge in [0, 0.05) is 11.2 Å². The zero-order valence-electron chi connectivity index (χ0n) is 13.2. The highest BCUT2D eigenvalue weighted by atomic mass is 32.2. The maximum absolute atomic E-state index is 12.3. The third kappa shape index (κ3) is 3.83. The standard InChI is InChI=1S/C15H24N2O3S/c1-6-21(19,20)12-9-7-11(8-10-12)17-13(18)14(2,3)15(4,5)16/h7-10H,6,16H2,1-5H3,(H,17,18). The Morgan fingerprint density at radius 2 is 1.62 bits per heavy atom. The molecule has 0 aromatic heterocycles. The van der Waals surface area contributed by atoms with Crippen LogP contribution >= 0.6 is 0 Å². The molecule has 0 aliphatic heterocycles. The van der Waals surface area contributed by atoms with Gasteiger partial charge in [0.15, 0.2) is 9.84 Å². The quantitative estimate of drug-likeness (QED) is 0.872. The number of carbonyl (C=O) groups is 1. The number of hydrogen-bond donors (Lipinski definition) is 2. The lowest BCUT2D eigenvalue weighted by Crippen LogP contribution is -2.53. The van der Waals surface area contributed by atoms with Crippen molar-refractivity contribution in [2.24, 2.45) is 11.1 Å². The molecule has 0 aliphatic carbocycles. The fourth-order valence-corrected chi connectivity index (χ4v) is 2.38. The second-order valence-electron chi connectivity index (χ2n) is 6.23. The molecule has 0 saturated carbocycles. The lowest BCUT2D eigenvalue weighted by atomic mass is 9.74. The number of rotatable bonds is 5. The molecular formula is C15H24N2O3S. The van der Waals surface area contributed by atoms with Gasteiger partial charge in [0.25, 0.3) is 0 Å². The maximum atomic E-state index is 12.3. The van der Waals surface area contributed by atoms with Crippen LogP contribution in [0, 0.1) is 5.41 Å². The van der Waals surface area contributed by atoms with E-state index >= 15 is 0 Å². The average molecular weight is 312 g/mol. The fourth-order valence-electron chi connectivity index (χ4n) is 1.49. The van der Waals surface area contributed by atoms with Gasteiger partial charge in [0.05, 0.1) is 16.1 Å².